The number of hydrogen-bond acceptors (Lipinski definition) is 5. The smallest absolute Gasteiger partial charge is 0.336 e. The molecule has 1 N–H and O–H groups in total. The Labute approximate surface area is 212 Å². The molecule has 3 aromatic carbocycles. The van der Waals surface area contributed by atoms with Gasteiger partial charge in [0.2, 0.25) is 0 Å². The average Bonchev–Trinajstić information content (AvgIpc) is 2.87. The molecule has 0 aliphatic carbocycles. The summed E-state index contributed by atoms with van der Waals surface area (Å²) in [6.45, 7) is 9.08. The van der Waals surface area contributed by atoms with Crippen LogP contribution in [-0.4, -0.2) is 25.1 Å². The SMILES string of the molecule is CCCCOc1ccc(/C=C/C(=O)Oc2ccc(C(=O)Nc3cc(C)ccc3C)cc2)cc1OCC. The molecule has 0 spiro atoms. The lowest BCUT2D eigenvalue weighted by Crippen LogP contribution is -2.13. The van der Waals surface area contributed by atoms with Crippen LogP contribution in [0.1, 0.15) is 53.7 Å². The van der Waals surface area contributed by atoms with Crippen molar-refractivity contribution in [1.82, 2.24) is 0 Å². The van der Waals surface area contributed by atoms with Crippen LogP contribution in [0.15, 0.2) is 66.7 Å². The summed E-state index contributed by atoms with van der Waals surface area (Å²) in [5.74, 6) is 0.922. The number of carbonyl (C=O) groups is 2. The van der Waals surface area contributed by atoms with Gasteiger partial charge in [0, 0.05) is 17.3 Å². The zero-order valence-electron chi connectivity index (χ0n) is 21.3. The molecule has 0 aliphatic heterocycles. The van der Waals surface area contributed by atoms with Gasteiger partial charge in [-0.15, -0.1) is 0 Å². The number of hydrogen-bond donors (Lipinski definition) is 1. The highest BCUT2D eigenvalue weighted by molar-refractivity contribution is 6.04. The first-order valence-electron chi connectivity index (χ1n) is 12.2. The fourth-order valence-corrected chi connectivity index (χ4v) is 3.40. The van der Waals surface area contributed by atoms with Crippen LogP contribution in [0.2, 0.25) is 0 Å². The van der Waals surface area contributed by atoms with E-state index in [1.54, 1.807) is 30.3 Å². The van der Waals surface area contributed by atoms with Crippen molar-refractivity contribution in [1.29, 1.82) is 0 Å². The third-order valence-corrected chi connectivity index (χ3v) is 5.41. The van der Waals surface area contributed by atoms with E-state index >= 15 is 0 Å². The number of carbonyl (C=O) groups excluding carboxylic acids is 2. The van der Waals surface area contributed by atoms with Gasteiger partial charge in [-0.2, -0.15) is 0 Å². The van der Waals surface area contributed by atoms with E-state index in [9.17, 15) is 9.59 Å². The average molecular weight is 488 g/mol. The second kappa shape index (κ2) is 13.1. The van der Waals surface area contributed by atoms with Gasteiger partial charge in [-0.05, 0) is 92.4 Å². The Morgan fingerprint density at radius 1 is 0.889 bits per heavy atom. The summed E-state index contributed by atoms with van der Waals surface area (Å²) in [7, 11) is 0. The van der Waals surface area contributed by atoms with Crippen LogP contribution in [0, 0.1) is 13.8 Å². The second-order valence-electron chi connectivity index (χ2n) is 8.39. The van der Waals surface area contributed by atoms with E-state index < -0.39 is 5.97 Å². The van der Waals surface area contributed by atoms with E-state index in [1.165, 1.54) is 6.08 Å². The third-order valence-electron chi connectivity index (χ3n) is 5.41. The van der Waals surface area contributed by atoms with E-state index in [0.717, 1.165) is 35.2 Å². The summed E-state index contributed by atoms with van der Waals surface area (Å²) in [5, 5.41) is 2.92. The Balaban J connectivity index is 1.59. The molecule has 0 aliphatic rings. The molecule has 188 valence electrons. The van der Waals surface area contributed by atoms with Gasteiger partial charge in [0.15, 0.2) is 11.5 Å². The van der Waals surface area contributed by atoms with Crippen LogP contribution in [0.25, 0.3) is 6.08 Å². The van der Waals surface area contributed by atoms with E-state index in [0.29, 0.717) is 36.0 Å². The fraction of sp³-hybridized carbons (Fsp3) is 0.267. The van der Waals surface area contributed by atoms with Crippen molar-refractivity contribution >= 4 is 23.6 Å². The first-order chi connectivity index (χ1) is 17.4. The number of nitrogens with one attached hydrogen (secondary N) is 1. The predicted octanol–water partition coefficient (Wildman–Crippen LogP) is 6.75. The first kappa shape index (κ1) is 26.5. The summed E-state index contributed by atoms with van der Waals surface area (Å²) in [5.41, 5.74) is 4.08. The molecule has 0 saturated carbocycles. The molecular formula is C30H33NO5. The van der Waals surface area contributed by atoms with E-state index in [1.807, 2.05) is 57.2 Å². The zero-order valence-corrected chi connectivity index (χ0v) is 21.3. The van der Waals surface area contributed by atoms with Crippen molar-refractivity contribution in [3.05, 3.63) is 89.0 Å². The number of anilines is 1. The molecule has 1 amide bonds. The molecule has 0 saturated heterocycles. The van der Waals surface area contributed by atoms with Crippen LogP contribution in [0.4, 0.5) is 5.69 Å². The van der Waals surface area contributed by atoms with Gasteiger partial charge in [0.1, 0.15) is 5.75 Å². The minimum atomic E-state index is -0.524. The first-order valence-corrected chi connectivity index (χ1v) is 12.2. The Morgan fingerprint density at radius 3 is 2.39 bits per heavy atom. The lowest BCUT2D eigenvalue weighted by molar-refractivity contribution is -0.128. The quantitative estimate of drug-likeness (QED) is 0.140. The molecule has 36 heavy (non-hydrogen) atoms. The summed E-state index contributed by atoms with van der Waals surface area (Å²) >= 11 is 0. The molecule has 0 heterocycles. The van der Waals surface area contributed by atoms with Gasteiger partial charge in [-0.25, -0.2) is 4.79 Å². The van der Waals surface area contributed by atoms with Crippen molar-refractivity contribution in [3.63, 3.8) is 0 Å². The molecule has 3 rings (SSSR count). The van der Waals surface area contributed by atoms with Crippen LogP contribution in [-0.2, 0) is 4.79 Å². The van der Waals surface area contributed by atoms with E-state index in [2.05, 4.69) is 12.2 Å². The molecule has 0 aromatic heterocycles. The fourth-order valence-electron chi connectivity index (χ4n) is 3.40. The topological polar surface area (TPSA) is 73.9 Å². The van der Waals surface area contributed by atoms with Crippen LogP contribution < -0.4 is 19.5 Å². The monoisotopic (exact) mass is 487 g/mol. The number of aryl methyl sites for hydroxylation is 2. The Kier molecular flexibility index (Phi) is 9.69. The maximum Gasteiger partial charge on any atom is 0.336 e. The molecule has 0 fully saturated rings. The zero-order chi connectivity index (χ0) is 25.9. The molecule has 6 nitrogen and oxygen atoms in total. The Hall–Kier alpha value is -4.06. The van der Waals surface area contributed by atoms with Crippen LogP contribution in [0.3, 0.4) is 0 Å². The number of amides is 1. The van der Waals surface area contributed by atoms with Gasteiger partial charge in [-0.3, -0.25) is 4.79 Å². The van der Waals surface area contributed by atoms with Gasteiger partial charge in [0.05, 0.1) is 13.2 Å². The summed E-state index contributed by atoms with van der Waals surface area (Å²) in [6, 6.07) is 17.9. The predicted molar refractivity (Wildman–Crippen MR) is 143 cm³/mol. The maximum absolute atomic E-state index is 12.6. The van der Waals surface area contributed by atoms with Gasteiger partial charge in [0.25, 0.3) is 5.91 Å². The number of rotatable bonds is 11. The van der Waals surface area contributed by atoms with Crippen molar-refractivity contribution in [2.75, 3.05) is 18.5 Å². The molecule has 0 radical (unpaired) electrons. The number of benzene rings is 3. The standard InChI is InChI=1S/C30H33NO5/c1-5-7-18-35-27-16-10-23(20-28(27)34-6-2)11-17-29(32)36-25-14-12-24(13-15-25)30(33)31-26-19-21(3)8-9-22(26)4/h8-17,19-20H,5-7,18H2,1-4H3,(H,31,33)/b17-11+. The molecule has 0 atom stereocenters. The molecule has 3 aromatic rings. The largest absolute Gasteiger partial charge is 0.490 e. The second-order valence-corrected chi connectivity index (χ2v) is 8.39. The summed E-state index contributed by atoms with van der Waals surface area (Å²) < 4.78 is 16.9. The highest BCUT2D eigenvalue weighted by Crippen LogP contribution is 2.29. The molecule has 0 unspecified atom stereocenters. The number of unbranched alkanes of at least 4 members (excludes halogenated alkanes) is 1. The Bertz CT molecular complexity index is 1210. The lowest BCUT2D eigenvalue weighted by atomic mass is 10.1. The van der Waals surface area contributed by atoms with Crippen molar-refractivity contribution in [2.45, 2.75) is 40.5 Å². The Morgan fingerprint density at radius 2 is 1.67 bits per heavy atom. The highest BCUT2D eigenvalue weighted by atomic mass is 16.5. The number of esters is 1. The minimum absolute atomic E-state index is 0.228. The normalized spacial score (nSPS) is 10.8. The van der Waals surface area contributed by atoms with Gasteiger partial charge in [-0.1, -0.05) is 31.5 Å². The van der Waals surface area contributed by atoms with Crippen molar-refractivity contribution < 1.29 is 23.8 Å². The third kappa shape index (κ3) is 7.73. The highest BCUT2D eigenvalue weighted by Gasteiger charge is 2.10. The van der Waals surface area contributed by atoms with Gasteiger partial charge < -0.3 is 19.5 Å². The molecule has 0 bridgehead atoms. The summed E-state index contributed by atoms with van der Waals surface area (Å²) in [4.78, 5) is 24.9. The number of ether oxygens (including phenoxy) is 3. The molecule has 6 heteroatoms. The molecular weight excluding hydrogens is 454 g/mol. The summed E-state index contributed by atoms with van der Waals surface area (Å²) in [6.07, 6.45) is 5.03. The lowest BCUT2D eigenvalue weighted by Gasteiger charge is -2.12. The maximum atomic E-state index is 12.6. The van der Waals surface area contributed by atoms with Crippen molar-refractivity contribution in [3.8, 4) is 17.2 Å². The van der Waals surface area contributed by atoms with Crippen molar-refractivity contribution in [2.24, 2.45) is 0 Å². The van der Waals surface area contributed by atoms with E-state index in [4.69, 9.17) is 14.2 Å². The van der Waals surface area contributed by atoms with E-state index in [-0.39, 0.29) is 5.91 Å². The van der Waals surface area contributed by atoms with Gasteiger partial charge >= 0.3 is 5.97 Å². The van der Waals surface area contributed by atoms with Crippen LogP contribution >= 0.6 is 0 Å². The van der Waals surface area contributed by atoms with Crippen LogP contribution in [0.5, 0.6) is 17.2 Å². The minimum Gasteiger partial charge on any atom is -0.490 e.